The van der Waals surface area contributed by atoms with Gasteiger partial charge in [-0.2, -0.15) is 0 Å². The Bertz CT molecular complexity index is 1440. The highest BCUT2D eigenvalue weighted by Crippen LogP contribution is 2.13. The number of rotatable bonds is 15. The maximum absolute atomic E-state index is 13.3. The first-order chi connectivity index (χ1) is 21.0. The van der Waals surface area contributed by atoms with Crippen LogP contribution >= 0.6 is 12.6 Å². The molecule has 0 fully saturated rings. The molecule has 0 saturated heterocycles. The van der Waals surface area contributed by atoms with E-state index in [1.165, 1.54) is 24.3 Å². The number of carbonyl (C=O) groups excluding carboxylic acids is 5. The van der Waals surface area contributed by atoms with Crippen molar-refractivity contribution in [1.29, 1.82) is 0 Å². The third-order valence-electron chi connectivity index (χ3n) is 6.52. The number of hydrogen-bond acceptors (Lipinski definition) is 8. The normalized spacial score (nSPS) is 12.7. The summed E-state index contributed by atoms with van der Waals surface area (Å²) in [7, 11) is 0. The summed E-state index contributed by atoms with van der Waals surface area (Å²) in [4.78, 5) is 62.8. The van der Waals surface area contributed by atoms with Crippen molar-refractivity contribution in [3.05, 3.63) is 95.6 Å². The van der Waals surface area contributed by atoms with Crippen LogP contribution in [0, 0.1) is 0 Å². The van der Waals surface area contributed by atoms with Crippen molar-refractivity contribution in [2.45, 2.75) is 37.4 Å². The Labute approximate surface area is 259 Å². The molecule has 3 atom stereocenters. The van der Waals surface area contributed by atoms with Gasteiger partial charge in [0.15, 0.2) is 0 Å². The Kier molecular flexibility index (Phi) is 12.7. The van der Waals surface area contributed by atoms with Crippen molar-refractivity contribution >= 4 is 41.4 Å². The number of thiol groups is 1. The first-order valence-corrected chi connectivity index (χ1v) is 14.2. The molecular weight excluding hydrogens is 586 g/mol. The molecule has 8 N–H and O–H groups in total. The molecule has 3 aromatic rings. The number of amides is 4. The average molecular weight is 622 g/mol. The van der Waals surface area contributed by atoms with Crippen LogP contribution in [0.4, 0.5) is 0 Å². The number of phenols is 2. The van der Waals surface area contributed by atoms with Gasteiger partial charge in [0.1, 0.15) is 23.6 Å². The van der Waals surface area contributed by atoms with E-state index in [1.54, 1.807) is 54.6 Å². The summed E-state index contributed by atoms with van der Waals surface area (Å²) in [6.45, 7) is -0.901. The zero-order valence-corrected chi connectivity index (χ0v) is 24.6. The van der Waals surface area contributed by atoms with E-state index in [9.17, 15) is 34.2 Å². The molecule has 0 aromatic heterocycles. The summed E-state index contributed by atoms with van der Waals surface area (Å²) in [6.07, 6.45) is 0.407. The molecule has 12 nitrogen and oxygen atoms in total. The van der Waals surface area contributed by atoms with Gasteiger partial charge >= 0.3 is 0 Å². The Morgan fingerprint density at radius 1 is 0.614 bits per heavy atom. The summed E-state index contributed by atoms with van der Waals surface area (Å²) in [5.74, 6) is -2.38. The molecule has 0 bridgehead atoms. The molecule has 0 unspecified atom stereocenters. The molecule has 232 valence electrons. The number of nitrogens with one attached hydrogen (secondary N) is 4. The predicted molar refractivity (Wildman–Crippen MR) is 166 cm³/mol. The number of carbonyl (C=O) groups is 5. The lowest BCUT2D eigenvalue weighted by atomic mass is 10.0. The van der Waals surface area contributed by atoms with Crippen molar-refractivity contribution in [3.8, 4) is 11.5 Å². The number of nitrogens with two attached hydrogens (primary N) is 1. The van der Waals surface area contributed by atoms with Gasteiger partial charge in [-0.15, -0.1) is 12.6 Å². The zero-order valence-electron chi connectivity index (χ0n) is 23.7. The standard InChI is InChI=1S/C31H35N5O7S/c32-24(14-20-6-10-22(37)11-7-20)29(41)34-17-27(39)33-18-28(40)35-25(15-19-4-2-1-3-5-19)30(42)36-26(31(43)44)16-21-8-12-23(38)13-9-21/h1-13,24-26,37-38H,14-18,32H2,(H,33,39)(H,34,41)(H,35,40)(H,36,42)(H,43,44)/t24-,25-,26-/m0/s1. The van der Waals surface area contributed by atoms with Crippen LogP contribution in [0.25, 0.3) is 0 Å². The van der Waals surface area contributed by atoms with Crippen molar-refractivity contribution in [2.75, 3.05) is 13.1 Å². The van der Waals surface area contributed by atoms with E-state index in [-0.39, 0.29) is 30.8 Å². The second kappa shape index (κ2) is 16.7. The van der Waals surface area contributed by atoms with E-state index < -0.39 is 60.0 Å². The smallest absolute Gasteiger partial charge is 0.243 e. The maximum Gasteiger partial charge on any atom is 0.243 e. The highest BCUT2D eigenvalue weighted by atomic mass is 32.1. The van der Waals surface area contributed by atoms with Gasteiger partial charge in [-0.25, -0.2) is 0 Å². The lowest BCUT2D eigenvalue weighted by Gasteiger charge is -2.22. The second-order valence-corrected chi connectivity index (χ2v) is 10.5. The topological polar surface area (TPSA) is 200 Å². The number of benzene rings is 3. The summed E-state index contributed by atoms with van der Waals surface area (Å²) >= 11 is 3.90. The monoisotopic (exact) mass is 621 g/mol. The van der Waals surface area contributed by atoms with Gasteiger partial charge in [0.25, 0.3) is 0 Å². The number of hydrogen-bond donors (Lipinski definition) is 8. The van der Waals surface area contributed by atoms with Gasteiger partial charge in [0.2, 0.25) is 28.7 Å². The fourth-order valence-electron chi connectivity index (χ4n) is 4.16. The SMILES string of the molecule is N[C@@H](Cc1ccc(O)cc1)C(=O)NCC(=O)NCC(=O)N[C@@H](Cc1ccccc1)C(=O)N[C@@H](Cc1ccc(O)cc1)C(=O)S. The van der Waals surface area contributed by atoms with Crippen LogP contribution in [0.1, 0.15) is 16.7 Å². The third kappa shape index (κ3) is 11.4. The largest absolute Gasteiger partial charge is 0.508 e. The second-order valence-electron chi connectivity index (χ2n) is 10.1. The highest BCUT2D eigenvalue weighted by Gasteiger charge is 2.26. The van der Waals surface area contributed by atoms with E-state index in [0.29, 0.717) is 5.56 Å². The summed E-state index contributed by atoms with van der Waals surface area (Å²) in [6, 6.07) is 18.3. The molecule has 4 amide bonds. The van der Waals surface area contributed by atoms with Gasteiger partial charge in [0.05, 0.1) is 19.1 Å². The van der Waals surface area contributed by atoms with Gasteiger partial charge in [-0.1, -0.05) is 54.6 Å². The Morgan fingerprint density at radius 3 is 1.68 bits per heavy atom. The number of aromatic hydroxyl groups is 2. The van der Waals surface area contributed by atoms with Gasteiger partial charge in [-0.3, -0.25) is 24.0 Å². The highest BCUT2D eigenvalue weighted by molar-refractivity contribution is 7.96. The minimum Gasteiger partial charge on any atom is -0.508 e. The van der Waals surface area contributed by atoms with E-state index in [0.717, 1.165) is 11.1 Å². The van der Waals surface area contributed by atoms with Crippen LogP contribution in [-0.2, 0) is 43.2 Å². The van der Waals surface area contributed by atoms with E-state index in [1.807, 2.05) is 0 Å². The first kappa shape index (κ1) is 33.6. The lowest BCUT2D eigenvalue weighted by molar-refractivity contribution is -0.131. The maximum atomic E-state index is 13.3. The van der Waals surface area contributed by atoms with Crippen LogP contribution in [0.2, 0.25) is 0 Å². The molecule has 0 radical (unpaired) electrons. The predicted octanol–water partition coefficient (Wildman–Crippen LogP) is 0.111. The molecular formula is C31H35N5O7S. The third-order valence-corrected chi connectivity index (χ3v) is 6.83. The van der Waals surface area contributed by atoms with Gasteiger partial charge in [-0.05, 0) is 47.4 Å². The molecule has 0 aliphatic heterocycles. The first-order valence-electron chi connectivity index (χ1n) is 13.7. The summed E-state index contributed by atoms with van der Waals surface area (Å²) < 4.78 is 0. The van der Waals surface area contributed by atoms with E-state index in [4.69, 9.17) is 5.73 Å². The van der Waals surface area contributed by atoms with Crippen molar-refractivity contribution in [3.63, 3.8) is 0 Å². The molecule has 3 aromatic carbocycles. The molecule has 13 heteroatoms. The fraction of sp³-hybridized carbons (Fsp3) is 0.258. The van der Waals surface area contributed by atoms with Crippen molar-refractivity contribution in [2.24, 2.45) is 5.73 Å². The molecule has 0 saturated carbocycles. The van der Waals surface area contributed by atoms with Crippen LogP contribution in [0.3, 0.4) is 0 Å². The van der Waals surface area contributed by atoms with Crippen molar-refractivity contribution in [1.82, 2.24) is 21.3 Å². The van der Waals surface area contributed by atoms with E-state index >= 15 is 0 Å². The van der Waals surface area contributed by atoms with Gasteiger partial charge in [0, 0.05) is 12.8 Å². The molecule has 3 rings (SSSR count). The Balaban J connectivity index is 1.53. The fourth-order valence-corrected chi connectivity index (χ4v) is 4.32. The minimum atomic E-state index is -1.09. The van der Waals surface area contributed by atoms with Crippen LogP contribution in [-0.4, -0.2) is 70.2 Å². The Hall–Kier alpha value is -4.88. The van der Waals surface area contributed by atoms with Crippen LogP contribution in [0.15, 0.2) is 78.9 Å². The molecule has 44 heavy (non-hydrogen) atoms. The quantitative estimate of drug-likeness (QED) is 0.109. The minimum absolute atomic E-state index is 0.0563. The lowest BCUT2D eigenvalue weighted by Crippen LogP contribution is -2.54. The Morgan fingerprint density at radius 2 is 1.11 bits per heavy atom. The molecule has 0 spiro atoms. The van der Waals surface area contributed by atoms with Crippen LogP contribution < -0.4 is 27.0 Å². The summed E-state index contributed by atoms with van der Waals surface area (Å²) in [5, 5.41) is 28.3. The summed E-state index contributed by atoms with van der Waals surface area (Å²) in [5.41, 5.74) is 8.05. The van der Waals surface area contributed by atoms with Gasteiger partial charge < -0.3 is 37.2 Å². The molecule has 0 heterocycles. The molecule has 0 aliphatic rings. The average Bonchev–Trinajstić information content (AvgIpc) is 3.00. The van der Waals surface area contributed by atoms with E-state index in [2.05, 4.69) is 33.9 Å². The zero-order chi connectivity index (χ0) is 32.1. The number of phenolic OH excluding ortho intramolecular Hbond substituents is 2. The van der Waals surface area contributed by atoms with Crippen molar-refractivity contribution < 1.29 is 34.2 Å². The molecule has 0 aliphatic carbocycles. The van der Waals surface area contributed by atoms with Crippen LogP contribution in [0.5, 0.6) is 11.5 Å².